The van der Waals surface area contributed by atoms with Crippen LogP contribution in [0.3, 0.4) is 0 Å². The number of carbonyl (C=O) groups is 2. The Balaban J connectivity index is 1.49. The van der Waals surface area contributed by atoms with Gasteiger partial charge in [0, 0.05) is 17.3 Å². The Morgan fingerprint density at radius 2 is 2.00 bits per heavy atom. The Hall–Kier alpha value is -3.66. The van der Waals surface area contributed by atoms with Crippen LogP contribution in [0, 0.1) is 12.3 Å². The van der Waals surface area contributed by atoms with Crippen molar-refractivity contribution in [3.63, 3.8) is 0 Å². The zero-order valence-corrected chi connectivity index (χ0v) is 24.0. The highest BCUT2D eigenvalue weighted by Crippen LogP contribution is 2.46. The van der Waals surface area contributed by atoms with Gasteiger partial charge in [0.25, 0.3) is 5.91 Å². The second-order valence-electron chi connectivity index (χ2n) is 9.38. The minimum Gasteiger partial charge on any atom is -0.460 e. The molecule has 42 heavy (non-hydrogen) atoms. The molecule has 2 heterocycles. The van der Waals surface area contributed by atoms with Crippen LogP contribution in [0.1, 0.15) is 12.5 Å². The summed E-state index contributed by atoms with van der Waals surface area (Å²) in [4.78, 5) is 25.6. The quantitative estimate of drug-likeness (QED) is 0.167. The Morgan fingerprint density at radius 3 is 2.64 bits per heavy atom. The van der Waals surface area contributed by atoms with E-state index in [4.69, 9.17) is 36.5 Å². The lowest BCUT2D eigenvalue weighted by Crippen LogP contribution is -2.54. The third kappa shape index (κ3) is 7.21. The average molecular weight is 618 g/mol. The standard InChI is InChI=1S/C28H29ClN3O9P/c1-4-28(36)25(34)23(40-27(28)32-15-14-24(33)30-19(32)3)17-39-42(37,41-22-12-10-21(29)11-13-22)31-18(2)26(35)38-16-20-8-6-5-7-9-20/h1,5-15,18,23,25,27,34,36H,3,16-17H2,2H3,(H,30,33)(H,31,37)/t18-,23+,25+,27+,28+,42?/m0/s1. The number of amides is 1. The van der Waals surface area contributed by atoms with Crippen LogP contribution in [-0.2, 0) is 34.8 Å². The number of nitrogens with zero attached hydrogens (tertiary/aromatic N) is 1. The molecule has 2 aromatic rings. The topological polar surface area (TPSA) is 156 Å². The van der Waals surface area contributed by atoms with E-state index in [0.717, 1.165) is 11.6 Å². The minimum atomic E-state index is -4.38. The van der Waals surface area contributed by atoms with Crippen molar-refractivity contribution < 1.29 is 42.9 Å². The predicted octanol–water partition coefficient (Wildman–Crippen LogP) is 2.43. The smallest absolute Gasteiger partial charge is 0.459 e. The summed E-state index contributed by atoms with van der Waals surface area (Å²) in [5.41, 5.74) is -1.53. The van der Waals surface area contributed by atoms with Gasteiger partial charge in [0.1, 0.15) is 36.4 Å². The predicted molar refractivity (Wildman–Crippen MR) is 151 cm³/mol. The van der Waals surface area contributed by atoms with Crippen molar-refractivity contribution in [3.8, 4) is 18.1 Å². The van der Waals surface area contributed by atoms with Gasteiger partial charge in [0.15, 0.2) is 11.8 Å². The van der Waals surface area contributed by atoms with Gasteiger partial charge in [-0.3, -0.25) is 14.1 Å². The highest BCUT2D eigenvalue weighted by molar-refractivity contribution is 7.52. The molecule has 222 valence electrons. The third-order valence-electron chi connectivity index (χ3n) is 6.31. The first-order valence-electron chi connectivity index (χ1n) is 12.6. The summed E-state index contributed by atoms with van der Waals surface area (Å²) in [5, 5.41) is 27.4. The van der Waals surface area contributed by atoms with Crippen molar-refractivity contribution in [1.29, 1.82) is 0 Å². The molecule has 0 radical (unpaired) electrons. The van der Waals surface area contributed by atoms with Crippen molar-refractivity contribution >= 4 is 31.2 Å². The first-order valence-corrected chi connectivity index (χ1v) is 14.5. The summed E-state index contributed by atoms with van der Waals surface area (Å²) in [7, 11) is -4.38. The molecule has 4 N–H and O–H groups in total. The van der Waals surface area contributed by atoms with E-state index in [9.17, 15) is 24.4 Å². The van der Waals surface area contributed by atoms with E-state index in [1.807, 2.05) is 6.07 Å². The molecule has 1 saturated heterocycles. The molecule has 12 nitrogen and oxygen atoms in total. The maximum atomic E-state index is 13.9. The van der Waals surface area contributed by atoms with E-state index in [1.165, 1.54) is 42.3 Å². The second kappa shape index (κ2) is 13.1. The van der Waals surface area contributed by atoms with Gasteiger partial charge in [0.05, 0.1) is 6.61 Å². The number of aliphatic hydroxyl groups is 2. The van der Waals surface area contributed by atoms with E-state index in [1.54, 1.807) is 24.3 Å². The Bertz CT molecular complexity index is 1430. The van der Waals surface area contributed by atoms with E-state index < -0.39 is 56.3 Å². The number of terminal acetylenes is 1. The average Bonchev–Trinajstić information content (AvgIpc) is 3.22. The highest BCUT2D eigenvalue weighted by Gasteiger charge is 2.57. The number of carbonyl (C=O) groups excluding carboxylic acids is 2. The number of esters is 1. The number of nitrogens with one attached hydrogen (secondary N) is 2. The van der Waals surface area contributed by atoms with Crippen LogP contribution in [0.4, 0.5) is 0 Å². The molecule has 2 aromatic carbocycles. The van der Waals surface area contributed by atoms with Gasteiger partial charge in [-0.1, -0.05) is 54.4 Å². The maximum absolute atomic E-state index is 13.9. The molecule has 6 atom stereocenters. The van der Waals surface area contributed by atoms with Gasteiger partial charge in [-0.2, -0.15) is 5.09 Å². The van der Waals surface area contributed by atoms with E-state index in [2.05, 4.69) is 22.9 Å². The number of hydrogen-bond acceptors (Lipinski definition) is 10. The molecule has 0 saturated carbocycles. The fraction of sp³-hybridized carbons (Fsp3) is 0.286. The summed E-state index contributed by atoms with van der Waals surface area (Å²) in [6, 6.07) is 13.7. The fourth-order valence-corrected chi connectivity index (χ4v) is 5.71. The molecule has 4 rings (SSSR count). The number of halogens is 1. The van der Waals surface area contributed by atoms with Gasteiger partial charge in [-0.15, -0.1) is 6.42 Å². The molecule has 2 aliphatic rings. The van der Waals surface area contributed by atoms with Crippen LogP contribution in [0.5, 0.6) is 5.75 Å². The lowest BCUT2D eigenvalue weighted by atomic mass is 9.94. The number of aliphatic hydroxyl groups excluding tert-OH is 1. The second-order valence-corrected chi connectivity index (χ2v) is 11.5. The third-order valence-corrected chi connectivity index (χ3v) is 8.21. The number of hydrogen-bond donors (Lipinski definition) is 4. The first kappa shape index (κ1) is 31.3. The molecule has 1 amide bonds. The molecule has 0 aromatic heterocycles. The van der Waals surface area contributed by atoms with Gasteiger partial charge in [-0.25, -0.2) is 4.57 Å². The number of rotatable bonds is 11. The van der Waals surface area contributed by atoms with Gasteiger partial charge in [-0.05, 0) is 36.8 Å². The van der Waals surface area contributed by atoms with Gasteiger partial charge < -0.3 is 34.4 Å². The summed E-state index contributed by atoms with van der Waals surface area (Å²) in [6.45, 7) is 4.49. The monoisotopic (exact) mass is 617 g/mol. The number of benzene rings is 2. The molecule has 14 heteroatoms. The van der Waals surface area contributed by atoms with E-state index in [0.29, 0.717) is 5.02 Å². The van der Waals surface area contributed by atoms with E-state index in [-0.39, 0.29) is 18.2 Å². The fourth-order valence-electron chi connectivity index (χ4n) is 4.08. The van der Waals surface area contributed by atoms with E-state index >= 15 is 0 Å². The molecule has 0 spiro atoms. The lowest BCUT2D eigenvalue weighted by Gasteiger charge is -2.36. The molecular weight excluding hydrogens is 589 g/mol. The van der Waals surface area contributed by atoms with Crippen molar-refractivity contribution in [2.24, 2.45) is 0 Å². The molecule has 1 fully saturated rings. The number of ether oxygens (including phenoxy) is 2. The van der Waals surface area contributed by atoms with Crippen LogP contribution < -0.4 is 14.9 Å². The van der Waals surface area contributed by atoms with Crippen LogP contribution in [0.25, 0.3) is 0 Å². The first-order chi connectivity index (χ1) is 19.9. The molecule has 1 unspecified atom stereocenters. The summed E-state index contributed by atoms with van der Waals surface area (Å²) in [6.07, 6.45) is 3.53. The van der Waals surface area contributed by atoms with Crippen molar-refractivity contribution in [2.75, 3.05) is 6.61 Å². The summed E-state index contributed by atoms with van der Waals surface area (Å²) in [5.74, 6) is 1.06. The Morgan fingerprint density at radius 1 is 1.31 bits per heavy atom. The maximum Gasteiger partial charge on any atom is 0.459 e. The Labute approximate surface area is 247 Å². The zero-order valence-electron chi connectivity index (χ0n) is 22.4. The van der Waals surface area contributed by atoms with Crippen LogP contribution in [-0.4, -0.2) is 63.7 Å². The van der Waals surface area contributed by atoms with Crippen molar-refractivity contribution in [2.45, 2.75) is 43.6 Å². The molecule has 0 bridgehead atoms. The van der Waals surface area contributed by atoms with Crippen molar-refractivity contribution in [3.05, 3.63) is 89.9 Å². The minimum absolute atomic E-state index is 0.0141. The lowest BCUT2D eigenvalue weighted by molar-refractivity contribution is -0.146. The summed E-state index contributed by atoms with van der Waals surface area (Å²) >= 11 is 5.94. The zero-order chi connectivity index (χ0) is 30.5. The SMILES string of the molecule is C#C[C@@]1(O)[C@H](O)[C@@H](COP(=O)(N[C@@H](C)C(=O)OCc2ccccc2)Oc2ccc(Cl)cc2)O[C@H]1N1C=CC(=O)NC1=C. The molecule has 2 aliphatic heterocycles. The van der Waals surface area contributed by atoms with Crippen LogP contribution >= 0.6 is 19.3 Å². The Kier molecular flexibility index (Phi) is 9.76. The van der Waals surface area contributed by atoms with Gasteiger partial charge >= 0.3 is 13.7 Å². The van der Waals surface area contributed by atoms with Crippen LogP contribution in [0.2, 0.25) is 5.02 Å². The normalized spacial score (nSPS) is 25.7. The summed E-state index contributed by atoms with van der Waals surface area (Å²) < 4.78 is 36.3. The van der Waals surface area contributed by atoms with Crippen LogP contribution in [0.15, 0.2) is 79.3 Å². The van der Waals surface area contributed by atoms with Gasteiger partial charge in [0.2, 0.25) is 0 Å². The molecular formula is C28H29ClN3O9P. The molecule has 0 aliphatic carbocycles. The van der Waals surface area contributed by atoms with Crippen molar-refractivity contribution in [1.82, 2.24) is 15.3 Å². The highest BCUT2D eigenvalue weighted by atomic mass is 35.5. The largest absolute Gasteiger partial charge is 0.460 e.